The molecule has 2 aliphatic rings. The summed E-state index contributed by atoms with van der Waals surface area (Å²) < 4.78 is 40.8. The fourth-order valence-electron chi connectivity index (χ4n) is 4.36. The first-order valence-corrected chi connectivity index (χ1v) is 10.0. The second kappa shape index (κ2) is 9.07. The molecular formula is C21H27F3N2O2. The van der Waals surface area contributed by atoms with Crippen molar-refractivity contribution in [3.8, 4) is 0 Å². The standard InChI is InChI=1S/C21H27F3N2O2/c1-13(14-2-6-25-7-3-14)10-19(27)26-8-4-15(5-9-26)21(28)20-17(23)11-16(22)12-18(20)24/h11-15,25H,2-10H2,1H3. The first kappa shape index (κ1) is 20.8. The molecule has 28 heavy (non-hydrogen) atoms. The topological polar surface area (TPSA) is 49.4 Å². The number of carbonyl (C=O) groups is 2. The Morgan fingerprint density at radius 3 is 2.21 bits per heavy atom. The molecule has 1 amide bonds. The Labute approximate surface area is 163 Å². The van der Waals surface area contributed by atoms with Crippen LogP contribution in [-0.4, -0.2) is 42.8 Å². The van der Waals surface area contributed by atoms with Gasteiger partial charge in [-0.3, -0.25) is 9.59 Å². The summed E-state index contributed by atoms with van der Waals surface area (Å²) in [5, 5.41) is 3.32. The van der Waals surface area contributed by atoms with Gasteiger partial charge in [-0.15, -0.1) is 0 Å². The third-order valence-electron chi connectivity index (χ3n) is 6.16. The fraction of sp³-hybridized carbons (Fsp3) is 0.619. The Morgan fingerprint density at radius 1 is 1.07 bits per heavy atom. The lowest BCUT2D eigenvalue weighted by molar-refractivity contribution is -0.133. The molecule has 1 aromatic carbocycles. The van der Waals surface area contributed by atoms with Crippen LogP contribution in [0.1, 0.15) is 49.4 Å². The number of nitrogens with one attached hydrogen (secondary N) is 1. The van der Waals surface area contributed by atoms with Crippen LogP contribution in [-0.2, 0) is 4.79 Å². The summed E-state index contributed by atoms with van der Waals surface area (Å²) in [6.45, 7) is 4.90. The molecule has 2 heterocycles. The van der Waals surface area contributed by atoms with Crippen molar-refractivity contribution in [3.63, 3.8) is 0 Å². The van der Waals surface area contributed by atoms with Gasteiger partial charge in [-0.1, -0.05) is 6.92 Å². The lowest BCUT2D eigenvalue weighted by atomic mass is 9.83. The van der Waals surface area contributed by atoms with Crippen LogP contribution in [0, 0.1) is 35.2 Å². The third kappa shape index (κ3) is 4.74. The first-order valence-electron chi connectivity index (χ1n) is 10.0. The van der Waals surface area contributed by atoms with Gasteiger partial charge in [-0.25, -0.2) is 13.2 Å². The van der Waals surface area contributed by atoms with Gasteiger partial charge in [0.25, 0.3) is 0 Å². The normalized spacial score (nSPS) is 20.2. The summed E-state index contributed by atoms with van der Waals surface area (Å²) in [5.74, 6) is -3.64. The number of Topliss-reactive ketones (excluding diaryl/α,β-unsaturated/α-hetero) is 1. The van der Waals surface area contributed by atoms with E-state index in [-0.39, 0.29) is 5.91 Å². The predicted molar refractivity (Wildman–Crippen MR) is 99.3 cm³/mol. The maximum atomic E-state index is 13.9. The van der Waals surface area contributed by atoms with Gasteiger partial charge in [0.2, 0.25) is 5.91 Å². The molecule has 1 aromatic rings. The van der Waals surface area contributed by atoms with Gasteiger partial charge < -0.3 is 10.2 Å². The maximum absolute atomic E-state index is 13.9. The molecule has 1 atom stereocenters. The molecule has 3 rings (SSSR count). The second-order valence-electron chi connectivity index (χ2n) is 8.03. The highest BCUT2D eigenvalue weighted by Gasteiger charge is 2.32. The zero-order valence-corrected chi connectivity index (χ0v) is 16.1. The number of hydrogen-bond donors (Lipinski definition) is 1. The molecule has 2 saturated heterocycles. The van der Waals surface area contributed by atoms with E-state index in [9.17, 15) is 22.8 Å². The predicted octanol–water partition coefficient (Wildman–Crippen LogP) is 3.55. The van der Waals surface area contributed by atoms with E-state index in [0.29, 0.717) is 56.3 Å². The van der Waals surface area contributed by atoms with E-state index in [4.69, 9.17) is 0 Å². The Bertz CT molecular complexity index is 703. The van der Waals surface area contributed by atoms with Crippen LogP contribution < -0.4 is 5.32 Å². The van der Waals surface area contributed by atoms with Crippen LogP contribution >= 0.6 is 0 Å². The number of piperidine rings is 2. The van der Waals surface area contributed by atoms with E-state index in [1.54, 1.807) is 4.90 Å². The van der Waals surface area contributed by atoms with Gasteiger partial charge in [-0.05, 0) is 50.6 Å². The van der Waals surface area contributed by atoms with Crippen LogP contribution in [0.3, 0.4) is 0 Å². The summed E-state index contributed by atoms with van der Waals surface area (Å²) in [6.07, 6.45) is 3.38. The summed E-state index contributed by atoms with van der Waals surface area (Å²) in [6, 6.07) is 1.05. The van der Waals surface area contributed by atoms with Gasteiger partial charge in [0.05, 0.1) is 5.56 Å². The highest BCUT2D eigenvalue weighted by molar-refractivity contribution is 5.98. The first-order chi connectivity index (χ1) is 13.4. The van der Waals surface area contributed by atoms with Crippen LogP contribution in [0.2, 0.25) is 0 Å². The quantitative estimate of drug-likeness (QED) is 0.775. The minimum absolute atomic E-state index is 0.0797. The Kier molecular flexibility index (Phi) is 6.75. The van der Waals surface area contributed by atoms with E-state index in [0.717, 1.165) is 25.9 Å². The summed E-state index contributed by atoms with van der Waals surface area (Å²) in [5.41, 5.74) is -0.675. The number of ketones is 1. The highest BCUT2D eigenvalue weighted by atomic mass is 19.1. The highest BCUT2D eigenvalue weighted by Crippen LogP contribution is 2.28. The molecule has 0 aliphatic carbocycles. The van der Waals surface area contributed by atoms with Crippen molar-refractivity contribution in [1.82, 2.24) is 10.2 Å². The van der Waals surface area contributed by atoms with Crippen LogP contribution in [0.15, 0.2) is 12.1 Å². The zero-order valence-electron chi connectivity index (χ0n) is 16.1. The van der Waals surface area contributed by atoms with Crippen molar-refractivity contribution in [2.24, 2.45) is 17.8 Å². The minimum atomic E-state index is -1.17. The average molecular weight is 396 g/mol. The molecule has 154 valence electrons. The number of likely N-dealkylation sites (tertiary alicyclic amines) is 1. The van der Waals surface area contributed by atoms with Gasteiger partial charge in [0.1, 0.15) is 17.5 Å². The number of amides is 1. The largest absolute Gasteiger partial charge is 0.343 e. The molecule has 1 unspecified atom stereocenters. The van der Waals surface area contributed by atoms with E-state index >= 15 is 0 Å². The van der Waals surface area contributed by atoms with Crippen LogP contribution in [0.5, 0.6) is 0 Å². The molecule has 0 bridgehead atoms. The lowest BCUT2D eigenvalue weighted by Crippen LogP contribution is -2.41. The average Bonchev–Trinajstić information content (AvgIpc) is 2.67. The van der Waals surface area contributed by atoms with Gasteiger partial charge in [0, 0.05) is 37.6 Å². The SMILES string of the molecule is CC(CC(=O)N1CCC(C(=O)c2c(F)cc(F)cc2F)CC1)C1CCNCC1. The van der Waals surface area contributed by atoms with Crippen LogP contribution in [0.4, 0.5) is 13.2 Å². The van der Waals surface area contributed by atoms with Crippen molar-refractivity contribution < 1.29 is 22.8 Å². The van der Waals surface area contributed by atoms with Gasteiger partial charge >= 0.3 is 0 Å². The molecule has 7 heteroatoms. The number of benzene rings is 1. The lowest BCUT2D eigenvalue weighted by Gasteiger charge is -2.34. The summed E-state index contributed by atoms with van der Waals surface area (Å²) in [7, 11) is 0. The zero-order chi connectivity index (χ0) is 20.3. The van der Waals surface area contributed by atoms with Crippen molar-refractivity contribution >= 4 is 11.7 Å². The number of hydrogen-bond acceptors (Lipinski definition) is 3. The Morgan fingerprint density at radius 2 is 1.64 bits per heavy atom. The molecule has 2 aliphatic heterocycles. The molecule has 0 radical (unpaired) electrons. The molecule has 2 fully saturated rings. The molecule has 0 spiro atoms. The number of carbonyl (C=O) groups excluding carboxylic acids is 2. The molecule has 0 saturated carbocycles. The monoisotopic (exact) mass is 396 g/mol. The van der Waals surface area contributed by atoms with Gasteiger partial charge in [-0.2, -0.15) is 0 Å². The Balaban J connectivity index is 1.54. The number of rotatable bonds is 5. The van der Waals surface area contributed by atoms with Crippen molar-refractivity contribution in [2.75, 3.05) is 26.2 Å². The van der Waals surface area contributed by atoms with Crippen molar-refractivity contribution in [3.05, 3.63) is 35.1 Å². The summed E-state index contributed by atoms with van der Waals surface area (Å²) in [4.78, 5) is 26.9. The van der Waals surface area contributed by atoms with Crippen molar-refractivity contribution in [1.29, 1.82) is 0 Å². The fourth-order valence-corrected chi connectivity index (χ4v) is 4.36. The van der Waals surface area contributed by atoms with Crippen LogP contribution in [0.25, 0.3) is 0 Å². The maximum Gasteiger partial charge on any atom is 0.222 e. The minimum Gasteiger partial charge on any atom is -0.343 e. The smallest absolute Gasteiger partial charge is 0.222 e. The number of halogens is 3. The van der Waals surface area contributed by atoms with E-state index in [1.807, 2.05) is 0 Å². The Hall–Kier alpha value is -1.89. The molecule has 4 nitrogen and oxygen atoms in total. The van der Waals surface area contributed by atoms with Crippen molar-refractivity contribution in [2.45, 2.75) is 39.0 Å². The third-order valence-corrected chi connectivity index (χ3v) is 6.16. The second-order valence-corrected chi connectivity index (χ2v) is 8.03. The molecular weight excluding hydrogens is 369 g/mol. The van der Waals surface area contributed by atoms with E-state index < -0.39 is 34.7 Å². The number of nitrogens with zero attached hydrogens (tertiary/aromatic N) is 1. The van der Waals surface area contributed by atoms with E-state index in [2.05, 4.69) is 12.2 Å². The van der Waals surface area contributed by atoms with E-state index in [1.165, 1.54) is 0 Å². The summed E-state index contributed by atoms with van der Waals surface area (Å²) >= 11 is 0. The molecule has 0 aromatic heterocycles. The van der Waals surface area contributed by atoms with Gasteiger partial charge in [0.15, 0.2) is 5.78 Å². The molecule has 1 N–H and O–H groups in total.